The first-order valence-electron chi connectivity index (χ1n) is 6.57. The number of nitrogens with zero attached hydrogens (tertiary/aromatic N) is 1. The second kappa shape index (κ2) is 5.08. The summed E-state index contributed by atoms with van der Waals surface area (Å²) >= 11 is 5.95. The van der Waals surface area contributed by atoms with Crippen LogP contribution in [0.25, 0.3) is 0 Å². The van der Waals surface area contributed by atoms with E-state index in [-0.39, 0.29) is 5.75 Å². The van der Waals surface area contributed by atoms with E-state index in [1.54, 1.807) is 6.07 Å². The van der Waals surface area contributed by atoms with E-state index in [2.05, 4.69) is 4.90 Å². The lowest BCUT2D eigenvalue weighted by Crippen LogP contribution is -2.47. The van der Waals surface area contributed by atoms with Gasteiger partial charge in [-0.05, 0) is 37.0 Å². The molecular weight excluding hydrogens is 250 g/mol. The van der Waals surface area contributed by atoms with E-state index < -0.39 is 0 Å². The van der Waals surface area contributed by atoms with Crippen LogP contribution in [0.3, 0.4) is 0 Å². The minimum absolute atomic E-state index is 0.154. The lowest BCUT2D eigenvalue weighted by Gasteiger charge is -2.37. The maximum atomic E-state index is 9.43. The topological polar surface area (TPSA) is 32.7 Å². The molecule has 2 atom stereocenters. The van der Waals surface area contributed by atoms with E-state index in [1.807, 2.05) is 12.1 Å². The van der Waals surface area contributed by atoms with Gasteiger partial charge in [-0.1, -0.05) is 17.7 Å². The third kappa shape index (κ3) is 2.35. The lowest BCUT2D eigenvalue weighted by molar-refractivity contribution is -0.0588. The van der Waals surface area contributed by atoms with Crippen molar-refractivity contribution in [2.45, 2.75) is 38.0 Å². The second-order valence-corrected chi connectivity index (χ2v) is 5.57. The fraction of sp³-hybridized carbons (Fsp3) is 0.571. The Hall–Kier alpha value is -0.770. The van der Waals surface area contributed by atoms with Gasteiger partial charge in [-0.25, -0.2) is 0 Å². The molecule has 1 saturated carbocycles. The van der Waals surface area contributed by atoms with Crippen molar-refractivity contribution in [2.75, 3.05) is 13.2 Å². The number of hydrogen-bond donors (Lipinski definition) is 1. The van der Waals surface area contributed by atoms with Crippen LogP contribution in [-0.4, -0.2) is 35.3 Å². The van der Waals surface area contributed by atoms with Crippen LogP contribution < -0.4 is 0 Å². The molecule has 0 aromatic heterocycles. The van der Waals surface area contributed by atoms with Gasteiger partial charge in [0.15, 0.2) is 0 Å². The molecule has 4 heteroatoms. The summed E-state index contributed by atoms with van der Waals surface area (Å²) in [6.45, 7) is 2.71. The van der Waals surface area contributed by atoms with Gasteiger partial charge in [0.25, 0.3) is 0 Å². The zero-order chi connectivity index (χ0) is 12.5. The van der Waals surface area contributed by atoms with Crippen molar-refractivity contribution in [1.29, 1.82) is 0 Å². The molecule has 0 radical (unpaired) electrons. The Morgan fingerprint density at radius 3 is 3.11 bits per heavy atom. The average Bonchev–Trinajstić information content (AvgIpc) is 2.83. The first-order valence-corrected chi connectivity index (χ1v) is 6.95. The van der Waals surface area contributed by atoms with Crippen LogP contribution in [0, 0.1) is 0 Å². The zero-order valence-electron chi connectivity index (χ0n) is 10.3. The fourth-order valence-electron chi connectivity index (χ4n) is 3.09. The highest BCUT2D eigenvalue weighted by molar-refractivity contribution is 6.32. The standard InChI is InChI=1S/C14H18ClNO2/c15-11-8-10(4-5-13(11)17)9-16-6-7-18-14-3-1-2-12(14)16/h4-5,8,12,14,17H,1-3,6-7,9H2. The Balaban J connectivity index is 1.73. The van der Waals surface area contributed by atoms with E-state index in [9.17, 15) is 5.11 Å². The molecule has 3 rings (SSSR count). The molecule has 1 aromatic carbocycles. The number of hydrogen-bond acceptors (Lipinski definition) is 3. The second-order valence-electron chi connectivity index (χ2n) is 5.16. The molecule has 1 aromatic rings. The normalized spacial score (nSPS) is 28.3. The van der Waals surface area contributed by atoms with E-state index in [4.69, 9.17) is 16.3 Å². The number of benzene rings is 1. The summed E-state index contributed by atoms with van der Waals surface area (Å²) in [5, 5.41) is 9.87. The van der Waals surface area contributed by atoms with Crippen molar-refractivity contribution in [1.82, 2.24) is 4.90 Å². The molecule has 1 N–H and O–H groups in total. The molecule has 0 spiro atoms. The molecule has 1 aliphatic heterocycles. The SMILES string of the molecule is Oc1ccc(CN2CCOC3CCCC32)cc1Cl. The first kappa shape index (κ1) is 12.3. The van der Waals surface area contributed by atoms with Gasteiger partial charge < -0.3 is 9.84 Å². The van der Waals surface area contributed by atoms with Gasteiger partial charge >= 0.3 is 0 Å². The molecule has 1 aliphatic carbocycles. The van der Waals surface area contributed by atoms with Crippen LogP contribution >= 0.6 is 11.6 Å². The van der Waals surface area contributed by atoms with Gasteiger partial charge in [-0.3, -0.25) is 4.90 Å². The van der Waals surface area contributed by atoms with Gasteiger partial charge in [-0.15, -0.1) is 0 Å². The fourth-order valence-corrected chi connectivity index (χ4v) is 3.29. The number of ether oxygens (including phenoxy) is 1. The molecule has 2 unspecified atom stereocenters. The van der Waals surface area contributed by atoms with Crippen molar-refractivity contribution in [3.05, 3.63) is 28.8 Å². The van der Waals surface area contributed by atoms with Crippen LogP contribution in [-0.2, 0) is 11.3 Å². The van der Waals surface area contributed by atoms with Crippen molar-refractivity contribution < 1.29 is 9.84 Å². The van der Waals surface area contributed by atoms with Crippen molar-refractivity contribution in [3.8, 4) is 5.75 Å². The number of fused-ring (bicyclic) bond motifs is 1. The average molecular weight is 268 g/mol. The summed E-state index contributed by atoms with van der Waals surface area (Å²) in [5.41, 5.74) is 1.16. The highest BCUT2D eigenvalue weighted by atomic mass is 35.5. The molecule has 0 amide bonds. The number of phenols is 1. The number of aromatic hydroxyl groups is 1. The zero-order valence-corrected chi connectivity index (χ0v) is 11.1. The summed E-state index contributed by atoms with van der Waals surface area (Å²) < 4.78 is 5.80. The van der Waals surface area contributed by atoms with Crippen LogP contribution in [0.4, 0.5) is 0 Å². The quantitative estimate of drug-likeness (QED) is 0.894. The summed E-state index contributed by atoms with van der Waals surface area (Å²) in [4.78, 5) is 2.49. The number of halogens is 1. The third-order valence-electron chi connectivity index (χ3n) is 3.99. The minimum atomic E-state index is 0.154. The Morgan fingerprint density at radius 2 is 2.28 bits per heavy atom. The minimum Gasteiger partial charge on any atom is -0.506 e. The van der Waals surface area contributed by atoms with Crippen LogP contribution in [0.2, 0.25) is 5.02 Å². The van der Waals surface area contributed by atoms with Crippen LogP contribution in [0.1, 0.15) is 24.8 Å². The molecule has 2 fully saturated rings. The van der Waals surface area contributed by atoms with Crippen molar-refractivity contribution in [2.24, 2.45) is 0 Å². The van der Waals surface area contributed by atoms with E-state index in [1.165, 1.54) is 19.3 Å². The number of phenolic OH excluding ortho intramolecular Hbond substituents is 1. The van der Waals surface area contributed by atoms with Gasteiger partial charge in [0, 0.05) is 19.1 Å². The predicted octanol–water partition coefficient (Wildman–Crippen LogP) is 2.80. The molecule has 1 heterocycles. The summed E-state index contributed by atoms with van der Waals surface area (Å²) in [6.07, 6.45) is 4.11. The van der Waals surface area contributed by atoms with Gasteiger partial charge in [-0.2, -0.15) is 0 Å². The Bertz CT molecular complexity index is 438. The van der Waals surface area contributed by atoms with Crippen molar-refractivity contribution in [3.63, 3.8) is 0 Å². The molecule has 98 valence electrons. The van der Waals surface area contributed by atoms with Crippen LogP contribution in [0.15, 0.2) is 18.2 Å². The molecule has 18 heavy (non-hydrogen) atoms. The van der Waals surface area contributed by atoms with E-state index in [0.29, 0.717) is 17.2 Å². The maximum absolute atomic E-state index is 9.43. The van der Waals surface area contributed by atoms with Gasteiger partial charge in [0.1, 0.15) is 5.75 Å². The van der Waals surface area contributed by atoms with Crippen molar-refractivity contribution >= 4 is 11.6 Å². The number of rotatable bonds is 2. The third-order valence-corrected chi connectivity index (χ3v) is 4.30. The molecule has 0 bridgehead atoms. The number of morpholine rings is 1. The lowest BCUT2D eigenvalue weighted by atomic mass is 10.1. The Morgan fingerprint density at radius 1 is 1.39 bits per heavy atom. The highest BCUT2D eigenvalue weighted by Gasteiger charge is 2.35. The smallest absolute Gasteiger partial charge is 0.134 e. The first-order chi connectivity index (χ1) is 8.74. The molecule has 2 aliphatic rings. The summed E-state index contributed by atoms with van der Waals surface area (Å²) in [6, 6.07) is 6.03. The maximum Gasteiger partial charge on any atom is 0.134 e. The molecule has 3 nitrogen and oxygen atoms in total. The largest absolute Gasteiger partial charge is 0.506 e. The molecular formula is C14H18ClNO2. The van der Waals surface area contributed by atoms with Crippen LogP contribution in [0.5, 0.6) is 5.75 Å². The van der Waals surface area contributed by atoms with E-state index >= 15 is 0 Å². The summed E-state index contributed by atoms with van der Waals surface area (Å²) in [5.74, 6) is 0.154. The van der Waals surface area contributed by atoms with Gasteiger partial charge in [0.05, 0.1) is 17.7 Å². The summed E-state index contributed by atoms with van der Waals surface area (Å²) in [7, 11) is 0. The van der Waals surface area contributed by atoms with E-state index in [0.717, 1.165) is 25.3 Å². The monoisotopic (exact) mass is 267 g/mol. The Labute approximate surface area is 112 Å². The molecule has 1 saturated heterocycles. The highest BCUT2D eigenvalue weighted by Crippen LogP contribution is 2.31. The van der Waals surface area contributed by atoms with Gasteiger partial charge in [0.2, 0.25) is 0 Å². The predicted molar refractivity (Wildman–Crippen MR) is 70.9 cm³/mol. The Kier molecular flexibility index (Phi) is 3.46.